The second-order valence-corrected chi connectivity index (χ2v) is 5.79. The van der Waals surface area contributed by atoms with Crippen LogP contribution < -0.4 is 5.73 Å². The summed E-state index contributed by atoms with van der Waals surface area (Å²) in [5, 5.41) is 0.246. The number of halogens is 5. The average Bonchev–Trinajstić information content (AvgIpc) is 2.37. The molecule has 3 atom stereocenters. The quantitative estimate of drug-likeness (QED) is 0.777. The summed E-state index contributed by atoms with van der Waals surface area (Å²) in [7, 11) is 0. The second-order valence-electron chi connectivity index (χ2n) is 5.36. The number of rotatable bonds is 2. The van der Waals surface area contributed by atoms with E-state index in [1.165, 1.54) is 12.1 Å². The molecule has 3 unspecified atom stereocenters. The lowest BCUT2D eigenvalue weighted by Gasteiger charge is -2.34. The molecule has 20 heavy (non-hydrogen) atoms. The van der Waals surface area contributed by atoms with Crippen molar-refractivity contribution in [2.75, 3.05) is 0 Å². The summed E-state index contributed by atoms with van der Waals surface area (Å²) >= 11 is 5.66. The molecule has 1 aliphatic rings. The lowest BCUT2D eigenvalue weighted by atomic mass is 9.76. The van der Waals surface area contributed by atoms with E-state index in [1.54, 1.807) is 0 Å². The van der Waals surface area contributed by atoms with Crippen LogP contribution >= 0.6 is 11.6 Å². The normalized spacial score (nSPS) is 25.5. The summed E-state index contributed by atoms with van der Waals surface area (Å²) in [5.74, 6) is -2.24. The molecule has 0 aromatic heterocycles. The maximum atomic E-state index is 13.8. The van der Waals surface area contributed by atoms with Gasteiger partial charge in [0.05, 0.1) is 5.92 Å². The smallest absolute Gasteiger partial charge is 0.324 e. The second kappa shape index (κ2) is 5.90. The SMILES string of the molecule is NC(c1ccc(Cl)cc1F)C1CCCC(C(F)(F)F)C1. The summed E-state index contributed by atoms with van der Waals surface area (Å²) < 4.78 is 52.1. The van der Waals surface area contributed by atoms with Gasteiger partial charge in [0, 0.05) is 16.6 Å². The molecule has 1 aromatic carbocycles. The van der Waals surface area contributed by atoms with Crippen LogP contribution in [0.2, 0.25) is 5.02 Å². The fourth-order valence-corrected chi connectivity index (χ4v) is 3.04. The minimum Gasteiger partial charge on any atom is -0.324 e. The van der Waals surface area contributed by atoms with Crippen molar-refractivity contribution in [1.29, 1.82) is 0 Å². The molecule has 0 radical (unpaired) electrons. The van der Waals surface area contributed by atoms with E-state index in [1.807, 2.05) is 0 Å². The minimum atomic E-state index is -4.20. The van der Waals surface area contributed by atoms with Gasteiger partial charge in [0.25, 0.3) is 0 Å². The molecule has 2 rings (SSSR count). The summed E-state index contributed by atoms with van der Waals surface area (Å²) in [5.41, 5.74) is 6.21. The summed E-state index contributed by atoms with van der Waals surface area (Å²) in [6, 6.07) is 3.38. The van der Waals surface area contributed by atoms with E-state index < -0.39 is 24.0 Å². The molecule has 0 heterocycles. The first-order valence-electron chi connectivity index (χ1n) is 6.56. The Hall–Kier alpha value is -0.810. The monoisotopic (exact) mass is 309 g/mol. The third-order valence-corrected chi connectivity index (χ3v) is 4.24. The molecule has 1 aliphatic carbocycles. The highest BCUT2D eigenvalue weighted by atomic mass is 35.5. The molecule has 2 N–H and O–H groups in total. The van der Waals surface area contributed by atoms with Gasteiger partial charge in [0.2, 0.25) is 0 Å². The van der Waals surface area contributed by atoms with Gasteiger partial charge in [-0.2, -0.15) is 13.2 Å². The van der Waals surface area contributed by atoms with Gasteiger partial charge in [0.15, 0.2) is 0 Å². The maximum Gasteiger partial charge on any atom is 0.391 e. The highest BCUT2D eigenvalue weighted by Gasteiger charge is 2.43. The van der Waals surface area contributed by atoms with Gasteiger partial charge < -0.3 is 5.73 Å². The predicted octanol–water partition coefficient (Wildman–Crippen LogP) is 4.85. The van der Waals surface area contributed by atoms with E-state index >= 15 is 0 Å². The van der Waals surface area contributed by atoms with Crippen LogP contribution in [0.1, 0.15) is 37.3 Å². The van der Waals surface area contributed by atoms with E-state index in [-0.39, 0.29) is 29.3 Å². The molecular formula is C14H16ClF4N. The Balaban J connectivity index is 2.14. The van der Waals surface area contributed by atoms with E-state index in [0.29, 0.717) is 12.8 Å². The van der Waals surface area contributed by atoms with Gasteiger partial charge in [-0.25, -0.2) is 4.39 Å². The van der Waals surface area contributed by atoms with Crippen LogP contribution in [-0.4, -0.2) is 6.18 Å². The van der Waals surface area contributed by atoms with Crippen molar-refractivity contribution in [3.63, 3.8) is 0 Å². The molecule has 0 bridgehead atoms. The van der Waals surface area contributed by atoms with Crippen molar-refractivity contribution in [3.8, 4) is 0 Å². The molecule has 0 saturated heterocycles. The zero-order valence-corrected chi connectivity index (χ0v) is 11.5. The van der Waals surface area contributed by atoms with E-state index in [2.05, 4.69) is 0 Å². The highest BCUT2D eigenvalue weighted by molar-refractivity contribution is 6.30. The number of alkyl halides is 3. The van der Waals surface area contributed by atoms with Crippen molar-refractivity contribution in [2.45, 2.75) is 37.9 Å². The first-order chi connectivity index (χ1) is 9.29. The first kappa shape index (κ1) is 15.6. The lowest BCUT2D eigenvalue weighted by Crippen LogP contribution is -2.33. The van der Waals surface area contributed by atoms with Crippen LogP contribution in [0.4, 0.5) is 17.6 Å². The zero-order chi connectivity index (χ0) is 14.9. The standard InChI is InChI=1S/C14H16ClF4N/c15-10-4-5-11(12(16)7-10)13(20)8-2-1-3-9(6-8)14(17,18)19/h4-5,7-9,13H,1-3,6,20H2. The Bertz CT molecular complexity index is 475. The highest BCUT2D eigenvalue weighted by Crippen LogP contribution is 2.43. The van der Waals surface area contributed by atoms with Crippen molar-refractivity contribution in [1.82, 2.24) is 0 Å². The largest absolute Gasteiger partial charge is 0.391 e. The van der Waals surface area contributed by atoms with E-state index in [9.17, 15) is 17.6 Å². The van der Waals surface area contributed by atoms with Crippen LogP contribution in [0.5, 0.6) is 0 Å². The van der Waals surface area contributed by atoms with Crippen LogP contribution in [0.3, 0.4) is 0 Å². The molecule has 1 fully saturated rings. The van der Waals surface area contributed by atoms with Crippen LogP contribution in [-0.2, 0) is 0 Å². The summed E-state index contributed by atoms with van der Waals surface area (Å²) in [6.45, 7) is 0. The molecule has 0 amide bonds. The van der Waals surface area contributed by atoms with Crippen molar-refractivity contribution < 1.29 is 17.6 Å². The molecule has 112 valence electrons. The summed E-state index contributed by atoms with van der Waals surface area (Å²) in [4.78, 5) is 0. The molecule has 1 nitrogen and oxygen atoms in total. The third kappa shape index (κ3) is 3.44. The third-order valence-electron chi connectivity index (χ3n) is 4.01. The zero-order valence-electron chi connectivity index (χ0n) is 10.8. The topological polar surface area (TPSA) is 26.0 Å². The molecule has 1 aromatic rings. The Morgan fingerprint density at radius 2 is 1.95 bits per heavy atom. The van der Waals surface area contributed by atoms with Crippen LogP contribution in [0.15, 0.2) is 18.2 Å². The van der Waals surface area contributed by atoms with E-state index in [0.717, 1.165) is 6.07 Å². The van der Waals surface area contributed by atoms with Crippen LogP contribution in [0.25, 0.3) is 0 Å². The average molecular weight is 310 g/mol. The van der Waals surface area contributed by atoms with Gasteiger partial charge >= 0.3 is 6.18 Å². The molecule has 0 aliphatic heterocycles. The number of nitrogens with two attached hydrogens (primary N) is 1. The Kier molecular flexibility index (Phi) is 4.59. The Morgan fingerprint density at radius 3 is 2.55 bits per heavy atom. The summed E-state index contributed by atoms with van der Waals surface area (Å²) in [6.07, 6.45) is -3.03. The maximum absolute atomic E-state index is 13.8. The molecule has 0 spiro atoms. The van der Waals surface area contributed by atoms with Crippen LogP contribution in [0, 0.1) is 17.7 Å². The van der Waals surface area contributed by atoms with Gasteiger partial charge in [-0.1, -0.05) is 24.1 Å². The fourth-order valence-electron chi connectivity index (χ4n) is 2.88. The number of hydrogen-bond donors (Lipinski definition) is 1. The Morgan fingerprint density at radius 1 is 1.25 bits per heavy atom. The molecule has 6 heteroatoms. The fraction of sp³-hybridized carbons (Fsp3) is 0.571. The van der Waals surface area contributed by atoms with Gasteiger partial charge in [-0.15, -0.1) is 0 Å². The van der Waals surface area contributed by atoms with Crippen molar-refractivity contribution >= 4 is 11.6 Å². The number of hydrogen-bond acceptors (Lipinski definition) is 1. The Labute approximate surface area is 120 Å². The van der Waals surface area contributed by atoms with Crippen molar-refractivity contribution in [2.24, 2.45) is 17.6 Å². The van der Waals surface area contributed by atoms with Gasteiger partial charge in [-0.05, 0) is 37.3 Å². The van der Waals surface area contributed by atoms with Gasteiger partial charge in [-0.3, -0.25) is 0 Å². The van der Waals surface area contributed by atoms with E-state index in [4.69, 9.17) is 17.3 Å². The molecular weight excluding hydrogens is 294 g/mol. The van der Waals surface area contributed by atoms with Crippen molar-refractivity contribution in [3.05, 3.63) is 34.6 Å². The van der Waals surface area contributed by atoms with Gasteiger partial charge in [0.1, 0.15) is 5.82 Å². The lowest BCUT2D eigenvalue weighted by molar-refractivity contribution is -0.186. The predicted molar refractivity (Wildman–Crippen MR) is 69.8 cm³/mol. The first-order valence-corrected chi connectivity index (χ1v) is 6.94. The molecule has 1 saturated carbocycles. The number of benzene rings is 1. The minimum absolute atomic E-state index is 0.0350.